The molecule has 188 valence electrons. The van der Waals surface area contributed by atoms with Gasteiger partial charge in [0.2, 0.25) is 6.33 Å². The highest BCUT2D eigenvalue weighted by molar-refractivity contribution is 6.35. The lowest BCUT2D eigenvalue weighted by atomic mass is 10.1. The Morgan fingerprint density at radius 2 is 1.61 bits per heavy atom. The van der Waals surface area contributed by atoms with E-state index in [9.17, 15) is 4.39 Å². The number of halogens is 5. The van der Waals surface area contributed by atoms with Crippen molar-refractivity contribution in [3.05, 3.63) is 116 Å². The summed E-state index contributed by atoms with van der Waals surface area (Å²) in [5, 5.41) is 2.21. The summed E-state index contributed by atoms with van der Waals surface area (Å²) in [6, 6.07) is 16.7. The van der Waals surface area contributed by atoms with Gasteiger partial charge in [0.1, 0.15) is 36.6 Å². The van der Waals surface area contributed by atoms with Crippen LogP contribution in [0.25, 0.3) is 0 Å². The Morgan fingerprint density at radius 3 is 2.33 bits per heavy atom. The van der Waals surface area contributed by atoms with Crippen LogP contribution >= 0.6 is 46.4 Å². The van der Waals surface area contributed by atoms with E-state index in [1.54, 1.807) is 36.4 Å². The molecule has 0 saturated heterocycles. The molecular weight excluding hydrogens is 545 g/mol. The lowest BCUT2D eigenvalue weighted by molar-refractivity contribution is -0.704. The monoisotopic (exact) mass is 567 g/mol. The molecule has 0 bridgehead atoms. The Morgan fingerprint density at radius 1 is 0.889 bits per heavy atom. The van der Waals surface area contributed by atoms with E-state index in [-0.39, 0.29) is 11.9 Å². The zero-order chi connectivity index (χ0) is 25.5. The summed E-state index contributed by atoms with van der Waals surface area (Å²) in [5.41, 5.74) is 1.67. The van der Waals surface area contributed by atoms with E-state index in [0.29, 0.717) is 45.6 Å². The Bertz CT molecular complexity index is 1300. The molecule has 1 aromatic heterocycles. The fourth-order valence-corrected chi connectivity index (χ4v) is 4.66. The van der Waals surface area contributed by atoms with Crippen molar-refractivity contribution < 1.29 is 18.4 Å². The van der Waals surface area contributed by atoms with Gasteiger partial charge >= 0.3 is 0 Å². The molecule has 9 heteroatoms. The van der Waals surface area contributed by atoms with E-state index < -0.39 is 0 Å². The summed E-state index contributed by atoms with van der Waals surface area (Å²) in [6.45, 7) is 2.12. The largest absolute Gasteiger partial charge is 0.493 e. The van der Waals surface area contributed by atoms with Gasteiger partial charge < -0.3 is 9.47 Å². The molecule has 36 heavy (non-hydrogen) atoms. The van der Waals surface area contributed by atoms with Gasteiger partial charge in [-0.1, -0.05) is 58.5 Å². The smallest absolute Gasteiger partial charge is 0.243 e. The van der Waals surface area contributed by atoms with Crippen molar-refractivity contribution in [1.29, 1.82) is 0 Å². The van der Waals surface area contributed by atoms with E-state index in [0.717, 1.165) is 24.1 Å². The lowest BCUT2D eigenvalue weighted by Gasteiger charge is -2.19. The van der Waals surface area contributed by atoms with Crippen LogP contribution in [0.4, 0.5) is 4.39 Å². The molecular formula is C27H24Cl4FN2O2+. The van der Waals surface area contributed by atoms with Gasteiger partial charge in [-0.15, -0.1) is 0 Å². The SMILES string of the molecule is Fc1ccc(OCCCn2cc[n+](CC(OCc3ccc(Cl)cc3Cl)c3ccc(Cl)cc3Cl)c2)cc1. The molecule has 0 spiro atoms. The first kappa shape index (κ1) is 26.8. The molecule has 1 heterocycles. The van der Waals surface area contributed by atoms with E-state index in [1.165, 1.54) is 12.1 Å². The maximum atomic E-state index is 13.0. The number of benzene rings is 3. The van der Waals surface area contributed by atoms with E-state index >= 15 is 0 Å². The molecule has 0 aliphatic carbocycles. The zero-order valence-electron chi connectivity index (χ0n) is 19.2. The molecule has 4 rings (SSSR count). The van der Waals surface area contributed by atoms with E-state index in [1.807, 2.05) is 35.4 Å². The quantitative estimate of drug-likeness (QED) is 0.135. The minimum Gasteiger partial charge on any atom is -0.493 e. The number of imidazole rings is 1. The van der Waals surface area contributed by atoms with Gasteiger partial charge in [-0.2, -0.15) is 0 Å². The van der Waals surface area contributed by atoms with Gasteiger partial charge in [0, 0.05) is 32.1 Å². The number of hydrogen-bond donors (Lipinski definition) is 0. The van der Waals surface area contributed by atoms with E-state index in [4.69, 9.17) is 55.9 Å². The predicted octanol–water partition coefficient (Wildman–Crippen LogP) is 7.96. The zero-order valence-corrected chi connectivity index (χ0v) is 22.2. The van der Waals surface area contributed by atoms with Crippen LogP contribution in [0.5, 0.6) is 5.75 Å². The van der Waals surface area contributed by atoms with Crippen molar-refractivity contribution in [2.24, 2.45) is 0 Å². The summed E-state index contributed by atoms with van der Waals surface area (Å²) in [4.78, 5) is 0. The van der Waals surface area contributed by atoms with Crippen molar-refractivity contribution in [2.45, 2.75) is 32.2 Å². The molecule has 0 fully saturated rings. The van der Waals surface area contributed by atoms with Gasteiger partial charge in [0.15, 0.2) is 0 Å². The van der Waals surface area contributed by atoms with Gasteiger partial charge in [0.25, 0.3) is 0 Å². The molecule has 0 radical (unpaired) electrons. The summed E-state index contributed by atoms with van der Waals surface area (Å²) < 4.78 is 29.1. The Balaban J connectivity index is 1.39. The van der Waals surface area contributed by atoms with Gasteiger partial charge in [0.05, 0.1) is 19.8 Å². The maximum Gasteiger partial charge on any atom is 0.243 e. The first-order valence-corrected chi connectivity index (χ1v) is 12.8. The fourth-order valence-electron chi connectivity index (χ4n) is 3.67. The molecule has 0 saturated carbocycles. The standard InChI is InChI=1S/C27H24Cl4FN2O2/c28-20-3-2-19(25(30)14-20)17-36-27(24-9-4-21(29)15-26(24)31)16-34-12-11-33(18-34)10-1-13-35-23-7-5-22(32)6-8-23/h2-9,11-12,14-15,18,27H,1,10,13,16-17H2/q+1. The number of rotatable bonds is 11. The van der Waals surface area contributed by atoms with Gasteiger partial charge in [-0.05, 0) is 54.1 Å². The topological polar surface area (TPSA) is 27.3 Å². The van der Waals surface area contributed by atoms with Crippen LogP contribution in [0.1, 0.15) is 23.7 Å². The van der Waals surface area contributed by atoms with Crippen molar-refractivity contribution >= 4 is 46.4 Å². The average Bonchev–Trinajstić information content (AvgIpc) is 3.29. The number of aromatic nitrogens is 2. The number of ether oxygens (including phenoxy) is 2. The lowest BCUT2D eigenvalue weighted by Crippen LogP contribution is -2.35. The number of nitrogens with zero attached hydrogens (tertiary/aromatic N) is 2. The van der Waals surface area contributed by atoms with E-state index in [2.05, 4.69) is 4.57 Å². The normalized spacial score (nSPS) is 12.0. The van der Waals surface area contributed by atoms with Crippen molar-refractivity contribution in [3.63, 3.8) is 0 Å². The first-order valence-electron chi connectivity index (χ1n) is 11.3. The van der Waals surface area contributed by atoms with Crippen LogP contribution in [0, 0.1) is 5.82 Å². The average molecular weight is 569 g/mol. The molecule has 1 atom stereocenters. The Hall–Kier alpha value is -2.28. The highest BCUT2D eigenvalue weighted by Gasteiger charge is 2.20. The molecule has 3 aromatic carbocycles. The second-order valence-electron chi connectivity index (χ2n) is 8.21. The van der Waals surface area contributed by atoms with Crippen LogP contribution in [0.2, 0.25) is 20.1 Å². The highest BCUT2D eigenvalue weighted by Crippen LogP contribution is 2.31. The molecule has 1 unspecified atom stereocenters. The Kier molecular flexibility index (Phi) is 9.52. The van der Waals surface area contributed by atoms with Crippen molar-refractivity contribution in [3.8, 4) is 5.75 Å². The summed E-state index contributed by atoms with van der Waals surface area (Å²) in [5.74, 6) is 0.372. The molecule has 0 amide bonds. The molecule has 4 aromatic rings. The third-order valence-electron chi connectivity index (χ3n) is 5.53. The first-order chi connectivity index (χ1) is 17.4. The Labute approximate surface area is 229 Å². The second kappa shape index (κ2) is 12.8. The summed E-state index contributed by atoms with van der Waals surface area (Å²) in [7, 11) is 0. The second-order valence-corrected chi connectivity index (χ2v) is 9.89. The molecule has 4 nitrogen and oxygen atoms in total. The number of aryl methyl sites for hydroxylation is 1. The molecule has 0 aliphatic heterocycles. The third kappa shape index (κ3) is 7.61. The van der Waals surface area contributed by atoms with Crippen molar-refractivity contribution in [2.75, 3.05) is 6.61 Å². The number of hydrogen-bond acceptors (Lipinski definition) is 2. The minimum atomic E-state index is -0.343. The highest BCUT2D eigenvalue weighted by atomic mass is 35.5. The molecule has 0 N–H and O–H groups in total. The van der Waals surface area contributed by atoms with Crippen molar-refractivity contribution in [1.82, 2.24) is 4.57 Å². The predicted molar refractivity (Wildman–Crippen MR) is 142 cm³/mol. The van der Waals surface area contributed by atoms with Crippen LogP contribution in [-0.4, -0.2) is 11.2 Å². The maximum absolute atomic E-state index is 13.0. The van der Waals surface area contributed by atoms with Crippen LogP contribution < -0.4 is 9.30 Å². The fraction of sp³-hybridized carbons (Fsp3) is 0.222. The summed E-state index contributed by atoms with van der Waals surface area (Å²) in [6.07, 6.45) is 6.44. The van der Waals surface area contributed by atoms with Crippen LogP contribution in [-0.2, 0) is 24.4 Å². The minimum absolute atomic E-state index is 0.280. The van der Waals surface area contributed by atoms with Crippen LogP contribution in [0.3, 0.4) is 0 Å². The van der Waals surface area contributed by atoms with Crippen LogP contribution in [0.15, 0.2) is 79.4 Å². The molecule has 0 aliphatic rings. The summed E-state index contributed by atoms with van der Waals surface area (Å²) >= 11 is 25.0. The van der Waals surface area contributed by atoms with Gasteiger partial charge in [-0.3, -0.25) is 0 Å². The third-order valence-corrected chi connectivity index (χ3v) is 6.68. The van der Waals surface area contributed by atoms with Gasteiger partial charge in [-0.25, -0.2) is 13.5 Å².